The van der Waals surface area contributed by atoms with Gasteiger partial charge < -0.3 is 20.3 Å². The summed E-state index contributed by atoms with van der Waals surface area (Å²) >= 11 is 6.10. The van der Waals surface area contributed by atoms with Crippen LogP contribution in [0.25, 0.3) is 0 Å². The highest BCUT2D eigenvalue weighted by atomic mass is 35.5. The van der Waals surface area contributed by atoms with E-state index in [4.69, 9.17) is 21.1 Å². The van der Waals surface area contributed by atoms with E-state index in [2.05, 4.69) is 23.0 Å². The van der Waals surface area contributed by atoms with Gasteiger partial charge in [-0.3, -0.25) is 4.79 Å². The smallest absolute Gasteiger partial charge is 0.195 e. The Labute approximate surface area is 175 Å². The first-order chi connectivity index (χ1) is 14.0. The Morgan fingerprint density at radius 3 is 2.34 bits per heavy atom. The molecule has 2 aromatic rings. The normalized spacial score (nSPS) is 11.6. The second-order valence-corrected chi connectivity index (χ2v) is 6.36. The number of allylic oxidation sites excluding steroid dienone is 4. The van der Waals surface area contributed by atoms with E-state index >= 15 is 0 Å². The number of ether oxygens (including phenoxy) is 2. The van der Waals surface area contributed by atoms with E-state index in [0.717, 1.165) is 5.57 Å². The zero-order chi connectivity index (χ0) is 21.2. The molecule has 2 aromatic carbocycles. The summed E-state index contributed by atoms with van der Waals surface area (Å²) in [6.45, 7) is 5.52. The van der Waals surface area contributed by atoms with Gasteiger partial charge in [-0.25, -0.2) is 0 Å². The third-order valence-electron chi connectivity index (χ3n) is 4.01. The summed E-state index contributed by atoms with van der Waals surface area (Å²) in [5.74, 6) is 0.859. The fourth-order valence-corrected chi connectivity index (χ4v) is 2.68. The zero-order valence-electron chi connectivity index (χ0n) is 16.6. The number of ketones is 1. The van der Waals surface area contributed by atoms with Crippen molar-refractivity contribution in [3.05, 3.63) is 89.1 Å². The zero-order valence-corrected chi connectivity index (χ0v) is 17.3. The van der Waals surface area contributed by atoms with Gasteiger partial charge in [-0.15, -0.1) is 0 Å². The Morgan fingerprint density at radius 1 is 1.10 bits per heavy atom. The molecule has 3 N–H and O–H groups in total. The molecule has 0 spiro atoms. The number of halogens is 1. The van der Waals surface area contributed by atoms with E-state index in [1.54, 1.807) is 42.6 Å². The van der Waals surface area contributed by atoms with Crippen LogP contribution in [0.2, 0.25) is 5.02 Å². The largest absolute Gasteiger partial charge is 0.497 e. The minimum Gasteiger partial charge on any atom is -0.497 e. The summed E-state index contributed by atoms with van der Waals surface area (Å²) < 4.78 is 10.5. The van der Waals surface area contributed by atoms with E-state index in [1.165, 1.54) is 14.2 Å². The lowest BCUT2D eigenvalue weighted by Gasteiger charge is -2.13. The van der Waals surface area contributed by atoms with Crippen molar-refractivity contribution in [3.63, 3.8) is 0 Å². The highest BCUT2D eigenvalue weighted by molar-refractivity contribution is 6.33. The molecule has 0 unspecified atom stereocenters. The average Bonchev–Trinajstić information content (AvgIpc) is 2.74. The Balaban J connectivity index is 2.24. The van der Waals surface area contributed by atoms with Gasteiger partial charge in [0.15, 0.2) is 5.78 Å². The molecular weight excluding hydrogens is 390 g/mol. The monoisotopic (exact) mass is 413 g/mol. The van der Waals surface area contributed by atoms with Crippen LogP contribution in [0.5, 0.6) is 11.5 Å². The molecule has 0 aliphatic rings. The molecule has 6 nitrogen and oxygen atoms in total. The van der Waals surface area contributed by atoms with Crippen molar-refractivity contribution in [2.45, 2.75) is 6.92 Å². The van der Waals surface area contributed by atoms with Crippen molar-refractivity contribution in [2.24, 2.45) is 0 Å². The minimum absolute atomic E-state index is 0.204. The summed E-state index contributed by atoms with van der Waals surface area (Å²) in [4.78, 5) is 13.2. The molecule has 0 amide bonds. The highest BCUT2D eigenvalue weighted by Gasteiger charge is 2.16. The Hall–Kier alpha value is -3.22. The van der Waals surface area contributed by atoms with E-state index in [0.29, 0.717) is 33.3 Å². The maximum atomic E-state index is 13.2. The predicted octanol–water partition coefficient (Wildman–Crippen LogP) is 4.68. The molecule has 152 valence electrons. The molecule has 0 saturated carbocycles. The molecule has 0 aliphatic carbocycles. The summed E-state index contributed by atoms with van der Waals surface area (Å²) in [5.41, 5.74) is 10.9. The molecule has 7 heteroatoms. The van der Waals surface area contributed by atoms with E-state index in [-0.39, 0.29) is 5.78 Å². The van der Waals surface area contributed by atoms with E-state index < -0.39 is 0 Å². The van der Waals surface area contributed by atoms with Crippen LogP contribution in [0.4, 0.5) is 5.69 Å². The second kappa shape index (κ2) is 10.9. The van der Waals surface area contributed by atoms with Gasteiger partial charge in [0.25, 0.3) is 0 Å². The average molecular weight is 414 g/mol. The Bertz CT molecular complexity index is 916. The van der Waals surface area contributed by atoms with Gasteiger partial charge in [-0.1, -0.05) is 42.5 Å². The van der Waals surface area contributed by atoms with Crippen LogP contribution in [0.3, 0.4) is 0 Å². The van der Waals surface area contributed by atoms with Gasteiger partial charge in [0, 0.05) is 23.4 Å². The SMILES string of the molecule is C=C/C=C(C)/C(=C\NNNc1ccccc1Cl)C(=O)c1cc(OC)cc(OC)c1. The fourth-order valence-electron chi connectivity index (χ4n) is 2.49. The number of benzene rings is 2. The number of carbonyl (C=O) groups excluding carboxylic acids is 1. The quantitative estimate of drug-likeness (QED) is 0.173. The number of anilines is 1. The molecule has 2 rings (SSSR count). The molecule has 0 aliphatic heterocycles. The third-order valence-corrected chi connectivity index (χ3v) is 4.34. The number of methoxy groups -OCH3 is 2. The Morgan fingerprint density at radius 2 is 1.76 bits per heavy atom. The molecule has 0 aromatic heterocycles. The van der Waals surface area contributed by atoms with Crippen molar-refractivity contribution in [1.29, 1.82) is 0 Å². The van der Waals surface area contributed by atoms with Crippen molar-refractivity contribution in [1.82, 2.24) is 11.0 Å². The fraction of sp³-hybridized carbons (Fsp3) is 0.136. The molecule has 0 radical (unpaired) electrons. The van der Waals surface area contributed by atoms with Crippen LogP contribution in [-0.4, -0.2) is 20.0 Å². The summed E-state index contributed by atoms with van der Waals surface area (Å²) in [5, 5.41) is 0.563. The minimum atomic E-state index is -0.204. The van der Waals surface area contributed by atoms with Crippen molar-refractivity contribution < 1.29 is 14.3 Å². The summed E-state index contributed by atoms with van der Waals surface area (Å²) in [7, 11) is 3.07. The second-order valence-electron chi connectivity index (χ2n) is 5.95. The molecule has 0 saturated heterocycles. The number of rotatable bonds is 10. The lowest BCUT2D eigenvalue weighted by atomic mass is 9.97. The van der Waals surface area contributed by atoms with Crippen LogP contribution in [0.1, 0.15) is 17.3 Å². The Kier molecular flexibility index (Phi) is 8.33. The third kappa shape index (κ3) is 6.14. The van der Waals surface area contributed by atoms with Crippen LogP contribution < -0.4 is 25.9 Å². The van der Waals surface area contributed by atoms with Gasteiger partial charge >= 0.3 is 0 Å². The predicted molar refractivity (Wildman–Crippen MR) is 117 cm³/mol. The number of Topliss-reactive ketones (excluding diaryl/α,β-unsaturated/α-hetero) is 1. The lowest BCUT2D eigenvalue weighted by Crippen LogP contribution is -2.33. The van der Waals surface area contributed by atoms with Crippen LogP contribution in [0.15, 0.2) is 78.5 Å². The molecule has 29 heavy (non-hydrogen) atoms. The van der Waals surface area contributed by atoms with Gasteiger partial charge in [0.1, 0.15) is 11.5 Å². The standard InChI is InChI=1S/C22H24ClN3O3/c1-5-8-15(2)19(14-24-26-25-21-10-7-6-9-20(21)23)22(27)16-11-17(28-3)13-18(12-16)29-4/h5-14,24-26H,1H2,2-4H3/b15-8+,19-14+. The lowest BCUT2D eigenvalue weighted by molar-refractivity contribution is 0.103. The number of carbonyl (C=O) groups is 1. The number of hydrogen-bond acceptors (Lipinski definition) is 6. The maximum Gasteiger partial charge on any atom is 0.195 e. The van der Waals surface area contributed by atoms with Crippen molar-refractivity contribution in [2.75, 3.05) is 19.6 Å². The first kappa shape index (κ1) is 22.1. The number of hydrazine groups is 2. The highest BCUT2D eigenvalue weighted by Crippen LogP contribution is 2.26. The van der Waals surface area contributed by atoms with Crippen LogP contribution in [-0.2, 0) is 0 Å². The number of para-hydroxylation sites is 1. The molecule has 0 heterocycles. The van der Waals surface area contributed by atoms with Gasteiger partial charge in [0.2, 0.25) is 0 Å². The molecule has 0 atom stereocenters. The maximum absolute atomic E-state index is 13.2. The summed E-state index contributed by atoms with van der Waals surface area (Å²) in [6, 6.07) is 12.3. The van der Waals surface area contributed by atoms with Crippen molar-refractivity contribution in [3.8, 4) is 11.5 Å². The first-order valence-electron chi connectivity index (χ1n) is 8.78. The number of nitrogens with one attached hydrogen (secondary N) is 3. The van der Waals surface area contributed by atoms with E-state index in [1.807, 2.05) is 25.1 Å². The van der Waals surface area contributed by atoms with Gasteiger partial charge in [-0.05, 0) is 36.8 Å². The van der Waals surface area contributed by atoms with Gasteiger partial charge in [0.05, 0.1) is 24.9 Å². The summed E-state index contributed by atoms with van der Waals surface area (Å²) in [6.07, 6.45) is 4.94. The molecular formula is C22H24ClN3O3. The van der Waals surface area contributed by atoms with Crippen LogP contribution >= 0.6 is 11.6 Å². The van der Waals surface area contributed by atoms with Crippen molar-refractivity contribution >= 4 is 23.1 Å². The first-order valence-corrected chi connectivity index (χ1v) is 9.16. The van der Waals surface area contributed by atoms with Crippen LogP contribution in [0, 0.1) is 0 Å². The van der Waals surface area contributed by atoms with E-state index in [9.17, 15) is 4.79 Å². The number of hydrogen-bond donors (Lipinski definition) is 3. The van der Waals surface area contributed by atoms with Gasteiger partial charge in [-0.2, -0.15) is 5.53 Å². The molecule has 0 fully saturated rings. The molecule has 0 bridgehead atoms. The topological polar surface area (TPSA) is 71.6 Å².